The summed E-state index contributed by atoms with van der Waals surface area (Å²) in [6.45, 7) is 2.28. The number of hydrogen-bond acceptors (Lipinski definition) is 3. The average molecular weight is 290 g/mol. The molecule has 1 fully saturated rings. The summed E-state index contributed by atoms with van der Waals surface area (Å²) in [7, 11) is 0. The van der Waals surface area contributed by atoms with Crippen molar-refractivity contribution < 1.29 is 17.6 Å². The van der Waals surface area contributed by atoms with Gasteiger partial charge in [0, 0.05) is 18.2 Å². The molecule has 0 bridgehead atoms. The molecule has 0 atom stereocenters. The molecule has 3 nitrogen and oxygen atoms in total. The van der Waals surface area contributed by atoms with Crippen LogP contribution in [0.4, 0.5) is 13.2 Å². The molecule has 2 rings (SSSR count). The zero-order valence-corrected chi connectivity index (χ0v) is 11.7. The summed E-state index contributed by atoms with van der Waals surface area (Å²) in [5, 5.41) is 3.35. The Morgan fingerprint density at radius 3 is 2.75 bits per heavy atom. The van der Waals surface area contributed by atoms with Crippen LogP contribution < -0.4 is 5.32 Å². The summed E-state index contributed by atoms with van der Waals surface area (Å²) in [5.74, 6) is 0.635. The predicted molar refractivity (Wildman–Crippen MR) is 70.2 cm³/mol. The van der Waals surface area contributed by atoms with Crippen LogP contribution >= 0.6 is 0 Å². The van der Waals surface area contributed by atoms with Gasteiger partial charge in [-0.05, 0) is 31.9 Å². The fourth-order valence-electron chi connectivity index (χ4n) is 2.19. The van der Waals surface area contributed by atoms with E-state index in [-0.39, 0.29) is 6.54 Å². The van der Waals surface area contributed by atoms with Gasteiger partial charge in [-0.2, -0.15) is 13.2 Å². The normalized spacial score (nSPS) is 16.1. The van der Waals surface area contributed by atoms with Crippen molar-refractivity contribution in [2.75, 3.05) is 13.1 Å². The lowest BCUT2D eigenvalue weighted by Crippen LogP contribution is -2.34. The van der Waals surface area contributed by atoms with Crippen LogP contribution in [0, 0.1) is 0 Å². The molecule has 1 aromatic rings. The summed E-state index contributed by atoms with van der Waals surface area (Å²) in [4.78, 5) is 1.39. The lowest BCUT2D eigenvalue weighted by molar-refractivity contribution is -0.147. The van der Waals surface area contributed by atoms with E-state index in [4.69, 9.17) is 4.42 Å². The van der Waals surface area contributed by atoms with Gasteiger partial charge >= 0.3 is 6.18 Å². The molecule has 0 aromatic carbocycles. The van der Waals surface area contributed by atoms with E-state index in [2.05, 4.69) is 5.32 Å². The van der Waals surface area contributed by atoms with Crippen molar-refractivity contribution in [1.29, 1.82) is 0 Å². The molecular formula is C14H21F3N2O. The van der Waals surface area contributed by atoms with E-state index in [0.29, 0.717) is 31.3 Å². The van der Waals surface area contributed by atoms with Crippen LogP contribution in [0.5, 0.6) is 0 Å². The lowest BCUT2D eigenvalue weighted by Gasteiger charge is -2.22. The minimum absolute atomic E-state index is 0.210. The van der Waals surface area contributed by atoms with Crippen molar-refractivity contribution in [3.8, 4) is 0 Å². The van der Waals surface area contributed by atoms with Gasteiger partial charge in [0.15, 0.2) is 0 Å². The summed E-state index contributed by atoms with van der Waals surface area (Å²) in [6.07, 6.45) is 0.435. The van der Waals surface area contributed by atoms with Crippen molar-refractivity contribution in [3.05, 3.63) is 23.7 Å². The minimum Gasteiger partial charge on any atom is -0.468 e. The smallest absolute Gasteiger partial charge is 0.401 e. The molecule has 0 unspecified atom stereocenters. The van der Waals surface area contributed by atoms with Gasteiger partial charge < -0.3 is 9.73 Å². The second-order valence-electron chi connectivity index (χ2n) is 5.35. The maximum atomic E-state index is 12.5. The van der Waals surface area contributed by atoms with E-state index in [1.807, 2.05) is 13.0 Å². The van der Waals surface area contributed by atoms with E-state index >= 15 is 0 Å². The lowest BCUT2D eigenvalue weighted by atomic mass is 10.2. The maximum absolute atomic E-state index is 12.5. The molecule has 1 saturated carbocycles. The molecule has 1 aliphatic rings. The first kappa shape index (κ1) is 15.4. The summed E-state index contributed by atoms with van der Waals surface area (Å²) < 4.78 is 43.0. The second kappa shape index (κ2) is 6.63. The molecule has 1 N–H and O–H groups in total. The molecule has 0 radical (unpaired) electrons. The fourth-order valence-corrected chi connectivity index (χ4v) is 2.19. The topological polar surface area (TPSA) is 28.4 Å². The zero-order valence-electron chi connectivity index (χ0n) is 11.7. The van der Waals surface area contributed by atoms with Crippen molar-refractivity contribution in [3.63, 3.8) is 0 Å². The number of furan rings is 1. The second-order valence-corrected chi connectivity index (χ2v) is 5.35. The Hall–Kier alpha value is -1.01. The van der Waals surface area contributed by atoms with E-state index in [0.717, 1.165) is 5.56 Å². The zero-order chi connectivity index (χ0) is 14.6. The minimum atomic E-state index is -4.17. The molecule has 0 amide bonds. The summed E-state index contributed by atoms with van der Waals surface area (Å²) in [6, 6.07) is 2.40. The molecule has 0 spiro atoms. The van der Waals surface area contributed by atoms with E-state index < -0.39 is 12.7 Å². The van der Waals surface area contributed by atoms with Crippen LogP contribution in [0.15, 0.2) is 16.7 Å². The Morgan fingerprint density at radius 1 is 1.40 bits per heavy atom. The third kappa shape index (κ3) is 5.17. The van der Waals surface area contributed by atoms with Crippen molar-refractivity contribution >= 4 is 0 Å². The van der Waals surface area contributed by atoms with Crippen LogP contribution in [0.1, 0.15) is 37.5 Å². The van der Waals surface area contributed by atoms with E-state index in [9.17, 15) is 13.2 Å². The Kier molecular flexibility index (Phi) is 5.10. The van der Waals surface area contributed by atoms with Gasteiger partial charge in [-0.15, -0.1) is 0 Å². The van der Waals surface area contributed by atoms with Gasteiger partial charge in [-0.25, -0.2) is 0 Å². The average Bonchev–Trinajstić information content (AvgIpc) is 3.06. The van der Waals surface area contributed by atoms with Crippen molar-refractivity contribution in [1.82, 2.24) is 10.2 Å². The molecule has 114 valence electrons. The third-order valence-corrected chi connectivity index (χ3v) is 3.31. The molecule has 20 heavy (non-hydrogen) atoms. The van der Waals surface area contributed by atoms with Crippen LogP contribution in [-0.2, 0) is 13.1 Å². The largest absolute Gasteiger partial charge is 0.468 e. The molecule has 1 aromatic heterocycles. The van der Waals surface area contributed by atoms with Gasteiger partial charge in [0.2, 0.25) is 0 Å². The first-order valence-electron chi connectivity index (χ1n) is 7.05. The number of nitrogens with one attached hydrogen (secondary N) is 1. The van der Waals surface area contributed by atoms with Crippen LogP contribution in [-0.4, -0.2) is 30.2 Å². The van der Waals surface area contributed by atoms with Gasteiger partial charge in [0.1, 0.15) is 5.76 Å². The first-order valence-corrected chi connectivity index (χ1v) is 7.05. The Labute approximate surface area is 117 Å². The Balaban J connectivity index is 1.92. The number of hydrogen-bond donors (Lipinski definition) is 1. The first-order chi connectivity index (χ1) is 9.48. The standard InChI is InChI=1S/C14H21F3N2O/c1-2-6-19(10-14(15,16)17)9-13-11(5-7-20-13)8-18-12-3-4-12/h5,7,12,18H,2-4,6,8-10H2,1H3. The highest BCUT2D eigenvalue weighted by atomic mass is 19.4. The molecule has 1 aliphatic carbocycles. The van der Waals surface area contributed by atoms with Crippen LogP contribution in [0.2, 0.25) is 0 Å². The Bertz CT molecular complexity index is 413. The quantitative estimate of drug-likeness (QED) is 0.796. The van der Waals surface area contributed by atoms with Crippen molar-refractivity contribution in [2.45, 2.75) is 51.5 Å². The number of nitrogens with zero attached hydrogens (tertiary/aromatic N) is 1. The maximum Gasteiger partial charge on any atom is 0.401 e. The van der Waals surface area contributed by atoms with Gasteiger partial charge in [0.25, 0.3) is 0 Å². The third-order valence-electron chi connectivity index (χ3n) is 3.31. The van der Waals surface area contributed by atoms with Crippen LogP contribution in [0.3, 0.4) is 0 Å². The highest BCUT2D eigenvalue weighted by Gasteiger charge is 2.31. The Morgan fingerprint density at radius 2 is 2.15 bits per heavy atom. The highest BCUT2D eigenvalue weighted by Crippen LogP contribution is 2.22. The van der Waals surface area contributed by atoms with Crippen molar-refractivity contribution in [2.24, 2.45) is 0 Å². The molecule has 1 heterocycles. The van der Waals surface area contributed by atoms with E-state index in [1.165, 1.54) is 17.7 Å². The predicted octanol–water partition coefficient (Wildman–Crippen LogP) is 3.31. The van der Waals surface area contributed by atoms with Gasteiger partial charge in [-0.1, -0.05) is 6.92 Å². The molecule has 0 aliphatic heterocycles. The summed E-state index contributed by atoms with van der Waals surface area (Å²) >= 11 is 0. The molecule has 0 saturated heterocycles. The van der Waals surface area contributed by atoms with E-state index in [1.54, 1.807) is 6.26 Å². The monoisotopic (exact) mass is 290 g/mol. The number of rotatable bonds is 8. The van der Waals surface area contributed by atoms with Crippen LogP contribution in [0.25, 0.3) is 0 Å². The molecular weight excluding hydrogens is 269 g/mol. The fraction of sp³-hybridized carbons (Fsp3) is 0.714. The summed E-state index contributed by atoms with van der Waals surface area (Å²) in [5.41, 5.74) is 0.958. The number of halogens is 3. The highest BCUT2D eigenvalue weighted by molar-refractivity contribution is 5.17. The molecule has 6 heteroatoms. The van der Waals surface area contributed by atoms with Gasteiger partial charge in [0.05, 0.1) is 19.4 Å². The van der Waals surface area contributed by atoms with Gasteiger partial charge in [-0.3, -0.25) is 4.90 Å². The SMILES string of the molecule is CCCN(Cc1occc1CNC1CC1)CC(F)(F)F. The number of alkyl halides is 3.